The molecule has 0 amide bonds. The monoisotopic (exact) mass is 406 g/mol. The first-order valence-electron chi connectivity index (χ1n) is 10.5. The van der Waals surface area contributed by atoms with E-state index in [1.807, 2.05) is 6.92 Å². The van der Waals surface area contributed by atoms with Crippen LogP contribution in [0.25, 0.3) is 11.1 Å². The van der Waals surface area contributed by atoms with Crippen molar-refractivity contribution in [2.75, 3.05) is 13.2 Å². The highest BCUT2D eigenvalue weighted by molar-refractivity contribution is 5.66. The summed E-state index contributed by atoms with van der Waals surface area (Å²) in [5.74, 6) is -2.45. The summed E-state index contributed by atoms with van der Waals surface area (Å²) in [4.78, 5) is 0. The third-order valence-electron chi connectivity index (χ3n) is 5.41. The summed E-state index contributed by atoms with van der Waals surface area (Å²) < 4.78 is 55.3. The van der Waals surface area contributed by atoms with Crippen LogP contribution in [0, 0.1) is 17.5 Å². The van der Waals surface area contributed by atoms with Gasteiger partial charge in [-0.05, 0) is 49.3 Å². The molecule has 2 aromatic rings. The molecule has 0 radical (unpaired) electrons. The smallest absolute Gasteiger partial charge is 0.167 e. The van der Waals surface area contributed by atoms with Crippen LogP contribution in [-0.4, -0.2) is 19.3 Å². The lowest BCUT2D eigenvalue weighted by molar-refractivity contribution is -0.0866. The first-order valence-corrected chi connectivity index (χ1v) is 10.5. The minimum absolute atomic E-state index is 0.0515. The Morgan fingerprint density at radius 2 is 1.76 bits per heavy atom. The zero-order valence-corrected chi connectivity index (χ0v) is 17.1. The van der Waals surface area contributed by atoms with Crippen LogP contribution in [0.15, 0.2) is 30.3 Å². The number of unbranched alkanes of at least 4 members (excludes halogenated alkanes) is 1. The molecule has 158 valence electrons. The predicted octanol–water partition coefficient (Wildman–Crippen LogP) is 6.76. The Labute approximate surface area is 171 Å². The van der Waals surface area contributed by atoms with Crippen molar-refractivity contribution in [1.82, 2.24) is 0 Å². The Bertz CT molecular complexity index is 814. The first-order chi connectivity index (χ1) is 14.0. The molecule has 1 heterocycles. The highest BCUT2D eigenvalue weighted by Gasteiger charge is 2.25. The molecule has 0 N–H and O–H groups in total. The van der Waals surface area contributed by atoms with Crippen LogP contribution in [0.4, 0.5) is 13.2 Å². The van der Waals surface area contributed by atoms with Crippen molar-refractivity contribution in [2.45, 2.75) is 64.6 Å². The lowest BCUT2D eigenvalue weighted by Gasteiger charge is -2.29. The normalized spacial score (nSPS) is 19.5. The van der Waals surface area contributed by atoms with Crippen LogP contribution in [0.2, 0.25) is 0 Å². The molecule has 1 aliphatic heterocycles. The molecule has 0 saturated carbocycles. The van der Waals surface area contributed by atoms with Crippen LogP contribution in [0.1, 0.15) is 63.2 Å². The van der Waals surface area contributed by atoms with Gasteiger partial charge in [-0.15, -0.1) is 0 Å². The minimum Gasteiger partial charge on any atom is -0.376 e. The van der Waals surface area contributed by atoms with Gasteiger partial charge in [0.1, 0.15) is 5.82 Å². The van der Waals surface area contributed by atoms with Gasteiger partial charge in [0.05, 0.1) is 18.8 Å². The molecule has 5 heteroatoms. The van der Waals surface area contributed by atoms with Gasteiger partial charge in [-0.25, -0.2) is 13.2 Å². The quantitative estimate of drug-likeness (QED) is 0.482. The Kier molecular flexibility index (Phi) is 7.73. The summed E-state index contributed by atoms with van der Waals surface area (Å²) in [5, 5.41) is 0. The van der Waals surface area contributed by atoms with E-state index in [2.05, 4.69) is 6.92 Å². The summed E-state index contributed by atoms with van der Waals surface area (Å²) >= 11 is 0. The summed E-state index contributed by atoms with van der Waals surface area (Å²) in [7, 11) is 0. The highest BCUT2D eigenvalue weighted by Crippen LogP contribution is 2.34. The molecule has 0 aliphatic carbocycles. The van der Waals surface area contributed by atoms with E-state index < -0.39 is 17.5 Å². The fourth-order valence-electron chi connectivity index (χ4n) is 3.71. The SMILES string of the molecule is CCCCc1ccc(-c2ccc(C3CCC(OCCC)CO3)cc2F)c(F)c1F. The molecule has 0 spiro atoms. The summed E-state index contributed by atoms with van der Waals surface area (Å²) in [5.41, 5.74) is 1.05. The lowest BCUT2D eigenvalue weighted by atomic mass is 9.95. The van der Waals surface area contributed by atoms with Gasteiger partial charge in [0.15, 0.2) is 11.6 Å². The third kappa shape index (κ3) is 5.20. The zero-order valence-electron chi connectivity index (χ0n) is 17.1. The van der Waals surface area contributed by atoms with Crippen molar-refractivity contribution in [1.29, 1.82) is 0 Å². The molecule has 1 fully saturated rings. The van der Waals surface area contributed by atoms with E-state index in [0.717, 1.165) is 32.1 Å². The van der Waals surface area contributed by atoms with Gasteiger partial charge in [0.25, 0.3) is 0 Å². The Morgan fingerprint density at radius 3 is 2.41 bits per heavy atom. The van der Waals surface area contributed by atoms with Crippen molar-refractivity contribution in [3.8, 4) is 11.1 Å². The standard InChI is InChI=1S/C24H29F3O2/c1-3-5-6-16-7-11-20(24(27)23(16)26)19-10-8-17(14-21(19)25)22-12-9-18(15-29-22)28-13-4-2/h7-8,10-11,14,18,22H,3-6,9,12-13,15H2,1-2H3. The van der Waals surface area contributed by atoms with Crippen molar-refractivity contribution in [3.05, 3.63) is 58.9 Å². The molecule has 3 rings (SSSR count). The van der Waals surface area contributed by atoms with E-state index >= 15 is 0 Å². The van der Waals surface area contributed by atoms with Gasteiger partial charge in [0.2, 0.25) is 0 Å². The molecular weight excluding hydrogens is 377 g/mol. The average Bonchev–Trinajstić information content (AvgIpc) is 2.74. The molecule has 2 atom stereocenters. The number of benzene rings is 2. The molecule has 1 saturated heterocycles. The Morgan fingerprint density at radius 1 is 0.966 bits per heavy atom. The van der Waals surface area contributed by atoms with E-state index in [-0.39, 0.29) is 23.3 Å². The molecule has 2 unspecified atom stereocenters. The van der Waals surface area contributed by atoms with Crippen LogP contribution in [-0.2, 0) is 15.9 Å². The fourth-order valence-corrected chi connectivity index (χ4v) is 3.71. The van der Waals surface area contributed by atoms with Crippen LogP contribution in [0.5, 0.6) is 0 Å². The lowest BCUT2D eigenvalue weighted by Crippen LogP contribution is -2.27. The largest absolute Gasteiger partial charge is 0.376 e. The summed E-state index contributed by atoms with van der Waals surface area (Å²) in [6.45, 7) is 5.24. The van der Waals surface area contributed by atoms with Crippen LogP contribution >= 0.6 is 0 Å². The van der Waals surface area contributed by atoms with E-state index in [1.54, 1.807) is 12.1 Å². The first kappa shape index (κ1) is 21.8. The summed E-state index contributed by atoms with van der Waals surface area (Å²) in [6, 6.07) is 7.64. The second-order valence-corrected chi connectivity index (χ2v) is 7.64. The molecule has 29 heavy (non-hydrogen) atoms. The van der Waals surface area contributed by atoms with Crippen molar-refractivity contribution < 1.29 is 22.6 Å². The van der Waals surface area contributed by atoms with Crippen LogP contribution in [0.3, 0.4) is 0 Å². The maximum Gasteiger partial charge on any atom is 0.167 e. The predicted molar refractivity (Wildman–Crippen MR) is 108 cm³/mol. The molecule has 2 nitrogen and oxygen atoms in total. The zero-order chi connectivity index (χ0) is 20.8. The number of ether oxygens (including phenoxy) is 2. The molecule has 1 aliphatic rings. The highest BCUT2D eigenvalue weighted by atomic mass is 19.2. The maximum atomic E-state index is 14.8. The van der Waals surface area contributed by atoms with Gasteiger partial charge >= 0.3 is 0 Å². The second kappa shape index (κ2) is 10.3. The summed E-state index contributed by atoms with van der Waals surface area (Å²) in [6.07, 6.45) is 4.58. The van der Waals surface area contributed by atoms with Crippen molar-refractivity contribution in [3.63, 3.8) is 0 Å². The van der Waals surface area contributed by atoms with Crippen molar-refractivity contribution >= 4 is 0 Å². The fraction of sp³-hybridized carbons (Fsp3) is 0.500. The maximum absolute atomic E-state index is 14.8. The second-order valence-electron chi connectivity index (χ2n) is 7.64. The Hall–Kier alpha value is -1.85. The molecular formula is C24H29F3O2. The van der Waals surface area contributed by atoms with Gasteiger partial charge in [-0.2, -0.15) is 0 Å². The topological polar surface area (TPSA) is 18.5 Å². The number of hydrogen-bond acceptors (Lipinski definition) is 2. The number of aryl methyl sites for hydroxylation is 1. The average molecular weight is 406 g/mol. The van der Waals surface area contributed by atoms with E-state index in [0.29, 0.717) is 30.8 Å². The molecule has 2 aromatic carbocycles. The van der Waals surface area contributed by atoms with Crippen LogP contribution < -0.4 is 0 Å². The number of rotatable bonds is 8. The third-order valence-corrected chi connectivity index (χ3v) is 5.41. The van der Waals surface area contributed by atoms with Gasteiger partial charge in [-0.1, -0.05) is 44.5 Å². The molecule has 0 bridgehead atoms. The number of hydrogen-bond donors (Lipinski definition) is 0. The van der Waals surface area contributed by atoms with Crippen molar-refractivity contribution in [2.24, 2.45) is 0 Å². The van der Waals surface area contributed by atoms with E-state index in [1.165, 1.54) is 18.2 Å². The Balaban J connectivity index is 1.74. The van der Waals surface area contributed by atoms with E-state index in [4.69, 9.17) is 9.47 Å². The molecule has 0 aromatic heterocycles. The van der Waals surface area contributed by atoms with E-state index in [9.17, 15) is 13.2 Å². The van der Waals surface area contributed by atoms with Gasteiger partial charge in [-0.3, -0.25) is 0 Å². The minimum atomic E-state index is -0.991. The number of halogens is 3. The van der Waals surface area contributed by atoms with Gasteiger partial charge < -0.3 is 9.47 Å². The van der Waals surface area contributed by atoms with Gasteiger partial charge in [0, 0.05) is 17.7 Å².